The van der Waals surface area contributed by atoms with Crippen LogP contribution in [0.1, 0.15) is 12.0 Å². The second-order valence-corrected chi connectivity index (χ2v) is 5.40. The molecule has 22 heavy (non-hydrogen) atoms. The van der Waals surface area contributed by atoms with Crippen LogP contribution in [-0.4, -0.2) is 30.6 Å². The average Bonchev–Trinajstić information content (AvgIpc) is 2.53. The lowest BCUT2D eigenvalue weighted by molar-refractivity contribution is -0.142. The number of nitrogens with zero attached hydrogens (tertiary/aromatic N) is 1. The van der Waals surface area contributed by atoms with E-state index in [0.717, 1.165) is 24.9 Å². The van der Waals surface area contributed by atoms with Gasteiger partial charge in [0, 0.05) is 5.70 Å². The number of alkyl halides is 1. The number of carbonyl (C=O) groups excluding carboxylic acids is 1. The minimum atomic E-state index is -0.714. The average molecular weight is 320 g/mol. The maximum atomic E-state index is 11.8. The van der Waals surface area contributed by atoms with Crippen molar-refractivity contribution < 1.29 is 9.53 Å². The highest BCUT2D eigenvalue weighted by atomic mass is 35.5. The molecule has 116 valence electrons. The maximum absolute atomic E-state index is 11.8. The Labute approximate surface area is 134 Å². The number of nitrogens with one attached hydrogen (secondary N) is 2. The van der Waals surface area contributed by atoms with E-state index in [9.17, 15) is 4.79 Å². The van der Waals surface area contributed by atoms with Gasteiger partial charge in [0.05, 0.1) is 12.5 Å². The summed E-state index contributed by atoms with van der Waals surface area (Å²) in [5.74, 6) is -0.826. The zero-order chi connectivity index (χ0) is 15.9. The van der Waals surface area contributed by atoms with Gasteiger partial charge in [-0.1, -0.05) is 30.3 Å². The van der Waals surface area contributed by atoms with Gasteiger partial charge in [-0.25, -0.2) is 4.99 Å². The Morgan fingerprint density at radius 2 is 2.14 bits per heavy atom. The highest BCUT2D eigenvalue weighted by molar-refractivity contribution is 6.27. The molecule has 2 atom stereocenters. The topological polar surface area (TPSA) is 74.5 Å². The van der Waals surface area contributed by atoms with Gasteiger partial charge in [0.1, 0.15) is 18.1 Å². The molecule has 0 aromatic heterocycles. The van der Waals surface area contributed by atoms with Crippen LogP contribution in [0.4, 0.5) is 0 Å². The van der Waals surface area contributed by atoms with Crippen molar-refractivity contribution >= 4 is 29.7 Å². The Balaban J connectivity index is 2.12. The van der Waals surface area contributed by atoms with Crippen molar-refractivity contribution in [2.75, 3.05) is 7.11 Å². The molecule has 1 aromatic rings. The Kier molecular flexibility index (Phi) is 5.72. The van der Waals surface area contributed by atoms with Gasteiger partial charge in [-0.15, -0.1) is 11.6 Å². The minimum absolute atomic E-state index is 0.354. The number of carbonyl (C=O) groups is 1. The number of hydrogen-bond donors (Lipinski definition) is 2. The van der Waals surface area contributed by atoms with Crippen molar-refractivity contribution in [1.29, 1.82) is 5.41 Å². The maximum Gasteiger partial charge on any atom is 0.318 e. The summed E-state index contributed by atoms with van der Waals surface area (Å²) in [5, 5.41) is 9.68. The molecular formula is C16H18ClN3O2. The van der Waals surface area contributed by atoms with E-state index in [1.165, 1.54) is 12.7 Å². The summed E-state index contributed by atoms with van der Waals surface area (Å²) >= 11 is 6.29. The SMILES string of the molecule is COC(=O)C1/C(=N/C=N)NC(CCc2ccccc2)=CC1Cl. The highest BCUT2D eigenvalue weighted by Crippen LogP contribution is 2.23. The Bertz CT molecular complexity index is 599. The quantitative estimate of drug-likeness (QED) is 0.379. The third kappa shape index (κ3) is 3.95. The van der Waals surface area contributed by atoms with E-state index >= 15 is 0 Å². The summed E-state index contributed by atoms with van der Waals surface area (Å²) in [7, 11) is 1.31. The minimum Gasteiger partial charge on any atom is -0.468 e. The first-order valence-electron chi connectivity index (χ1n) is 6.96. The lowest BCUT2D eigenvalue weighted by atomic mass is 9.96. The first kappa shape index (κ1) is 16.2. The molecule has 0 saturated carbocycles. The van der Waals surface area contributed by atoms with E-state index in [0.29, 0.717) is 5.84 Å². The number of hydrogen-bond acceptors (Lipinski definition) is 3. The van der Waals surface area contributed by atoms with Crippen LogP contribution in [0.15, 0.2) is 47.1 Å². The molecule has 2 rings (SSSR count). The number of esters is 1. The van der Waals surface area contributed by atoms with Crippen molar-refractivity contribution in [2.24, 2.45) is 10.9 Å². The van der Waals surface area contributed by atoms with Gasteiger partial charge in [-0.3, -0.25) is 10.2 Å². The van der Waals surface area contributed by atoms with Crippen LogP contribution in [0.5, 0.6) is 0 Å². The molecule has 5 nitrogen and oxygen atoms in total. The molecule has 1 aliphatic rings. The van der Waals surface area contributed by atoms with Crippen LogP contribution < -0.4 is 5.32 Å². The van der Waals surface area contributed by atoms with E-state index in [1.807, 2.05) is 24.3 Å². The highest BCUT2D eigenvalue weighted by Gasteiger charge is 2.35. The van der Waals surface area contributed by atoms with Crippen LogP contribution in [0, 0.1) is 11.3 Å². The Morgan fingerprint density at radius 1 is 1.41 bits per heavy atom. The van der Waals surface area contributed by atoms with Gasteiger partial charge >= 0.3 is 5.97 Å². The number of aryl methyl sites for hydroxylation is 1. The molecule has 1 aliphatic heterocycles. The fourth-order valence-electron chi connectivity index (χ4n) is 2.34. The number of ether oxygens (including phenoxy) is 1. The molecule has 6 heteroatoms. The number of halogens is 1. The lowest BCUT2D eigenvalue weighted by Gasteiger charge is -2.27. The van der Waals surface area contributed by atoms with Crippen molar-refractivity contribution in [3.8, 4) is 0 Å². The number of allylic oxidation sites excluding steroid dienone is 2. The van der Waals surface area contributed by atoms with Crippen molar-refractivity contribution in [2.45, 2.75) is 18.2 Å². The van der Waals surface area contributed by atoms with Crippen molar-refractivity contribution in [1.82, 2.24) is 5.32 Å². The molecule has 0 amide bonds. The van der Waals surface area contributed by atoms with E-state index in [1.54, 1.807) is 0 Å². The molecule has 0 saturated heterocycles. The molecule has 0 aliphatic carbocycles. The Hall–Kier alpha value is -2.14. The number of methoxy groups -OCH3 is 1. The van der Waals surface area contributed by atoms with E-state index in [2.05, 4.69) is 22.4 Å². The second-order valence-electron chi connectivity index (χ2n) is 4.89. The van der Waals surface area contributed by atoms with Crippen LogP contribution in [0.2, 0.25) is 0 Å². The fourth-order valence-corrected chi connectivity index (χ4v) is 2.72. The predicted octanol–water partition coefficient (Wildman–Crippen LogP) is 2.51. The van der Waals surface area contributed by atoms with Gasteiger partial charge in [0.25, 0.3) is 0 Å². The number of benzene rings is 1. The zero-order valence-electron chi connectivity index (χ0n) is 12.3. The molecule has 2 unspecified atom stereocenters. The summed E-state index contributed by atoms with van der Waals surface area (Å²) in [5.41, 5.74) is 2.11. The lowest BCUT2D eigenvalue weighted by Crippen LogP contribution is -2.44. The first-order chi connectivity index (χ1) is 10.7. The number of rotatable bonds is 5. The van der Waals surface area contributed by atoms with Crippen LogP contribution in [-0.2, 0) is 16.0 Å². The van der Waals surface area contributed by atoms with Gasteiger partial charge < -0.3 is 10.1 Å². The molecule has 2 N–H and O–H groups in total. The molecule has 0 bridgehead atoms. The van der Waals surface area contributed by atoms with E-state index < -0.39 is 17.3 Å². The molecule has 0 radical (unpaired) electrons. The van der Waals surface area contributed by atoms with Crippen LogP contribution >= 0.6 is 11.6 Å². The summed E-state index contributed by atoms with van der Waals surface area (Å²) in [6.45, 7) is 0. The van der Waals surface area contributed by atoms with Gasteiger partial charge in [0.15, 0.2) is 0 Å². The fraction of sp³-hybridized carbons (Fsp3) is 0.312. The van der Waals surface area contributed by atoms with Gasteiger partial charge in [0.2, 0.25) is 0 Å². The van der Waals surface area contributed by atoms with E-state index in [4.69, 9.17) is 21.7 Å². The largest absolute Gasteiger partial charge is 0.468 e. The zero-order valence-corrected chi connectivity index (χ0v) is 13.0. The summed E-state index contributed by atoms with van der Waals surface area (Å²) in [4.78, 5) is 15.7. The third-order valence-corrected chi connectivity index (χ3v) is 3.82. The second kappa shape index (κ2) is 7.75. The summed E-state index contributed by atoms with van der Waals surface area (Å²) in [6, 6.07) is 10.1. The predicted molar refractivity (Wildman–Crippen MR) is 87.3 cm³/mol. The summed E-state index contributed by atoms with van der Waals surface area (Å²) < 4.78 is 4.75. The molecule has 1 aromatic carbocycles. The van der Waals surface area contributed by atoms with E-state index in [-0.39, 0.29) is 0 Å². The number of aliphatic imine (C=N–C) groups is 1. The number of amidine groups is 1. The summed E-state index contributed by atoms with van der Waals surface area (Å²) in [6.07, 6.45) is 4.30. The Morgan fingerprint density at radius 3 is 2.77 bits per heavy atom. The third-order valence-electron chi connectivity index (χ3n) is 3.45. The molecule has 0 fully saturated rings. The van der Waals surface area contributed by atoms with Crippen LogP contribution in [0.3, 0.4) is 0 Å². The van der Waals surface area contributed by atoms with Gasteiger partial charge in [-0.05, 0) is 24.5 Å². The smallest absolute Gasteiger partial charge is 0.318 e. The van der Waals surface area contributed by atoms with Crippen molar-refractivity contribution in [3.63, 3.8) is 0 Å². The monoisotopic (exact) mass is 319 g/mol. The molecule has 0 spiro atoms. The van der Waals surface area contributed by atoms with Crippen molar-refractivity contribution in [3.05, 3.63) is 47.7 Å². The first-order valence-corrected chi connectivity index (χ1v) is 7.39. The molecule has 1 heterocycles. The molecular weight excluding hydrogens is 302 g/mol. The van der Waals surface area contributed by atoms with Gasteiger partial charge in [-0.2, -0.15) is 0 Å². The normalized spacial score (nSPS) is 22.6. The van der Waals surface area contributed by atoms with Crippen LogP contribution in [0.25, 0.3) is 0 Å². The standard InChI is InChI=1S/C16H18ClN3O2/c1-22-16(21)14-13(17)9-12(20-15(14)19-10-18)8-7-11-5-3-2-4-6-11/h2-6,9-10,13-14H,7-8H2,1H3,(H2,18,19,20).